The van der Waals surface area contributed by atoms with E-state index in [0.29, 0.717) is 33.5 Å². The maximum Gasteiger partial charge on any atom is 0.286 e. The van der Waals surface area contributed by atoms with Crippen LogP contribution < -0.4 is 24.8 Å². The van der Waals surface area contributed by atoms with Crippen molar-refractivity contribution in [1.29, 1.82) is 0 Å². The summed E-state index contributed by atoms with van der Waals surface area (Å²) in [5, 5.41) is 14.7. The standard InChI is InChI=1S/C26H30N4O5S/c1-33-21-14-13-20(15-22(21)34-2)35-16-23-29-30-26(36-23)25(32)28-19-11-9-17(10-12-19)24(31)27-18-7-5-3-4-6-8-18/h9-15,18H,3-8,16H2,1-2H3,(H,27,31)(H,28,32). The second-order valence-corrected chi connectivity index (χ2v) is 9.56. The molecule has 1 aliphatic rings. The van der Waals surface area contributed by atoms with Crippen molar-refractivity contribution in [1.82, 2.24) is 15.5 Å². The van der Waals surface area contributed by atoms with Crippen molar-refractivity contribution in [3.05, 3.63) is 58.0 Å². The van der Waals surface area contributed by atoms with E-state index in [1.165, 1.54) is 12.8 Å². The summed E-state index contributed by atoms with van der Waals surface area (Å²) in [6.07, 6.45) is 6.85. The summed E-state index contributed by atoms with van der Waals surface area (Å²) in [5.74, 6) is 1.29. The summed E-state index contributed by atoms with van der Waals surface area (Å²) in [7, 11) is 3.12. The topological polar surface area (TPSA) is 112 Å². The molecular formula is C26H30N4O5S. The van der Waals surface area contributed by atoms with E-state index in [1.54, 1.807) is 56.7 Å². The first-order valence-electron chi connectivity index (χ1n) is 11.9. The molecule has 3 aromatic rings. The van der Waals surface area contributed by atoms with Gasteiger partial charge < -0.3 is 24.8 Å². The number of methoxy groups -OCH3 is 2. The number of carbonyl (C=O) groups excluding carboxylic acids is 2. The predicted molar refractivity (Wildman–Crippen MR) is 137 cm³/mol. The zero-order chi connectivity index (χ0) is 25.3. The monoisotopic (exact) mass is 510 g/mol. The molecule has 10 heteroatoms. The number of nitrogens with zero attached hydrogens (tertiary/aromatic N) is 2. The first kappa shape index (κ1) is 25.4. The van der Waals surface area contributed by atoms with Gasteiger partial charge in [-0.15, -0.1) is 10.2 Å². The minimum atomic E-state index is -0.375. The van der Waals surface area contributed by atoms with Gasteiger partial charge in [-0.05, 0) is 49.2 Å². The quantitative estimate of drug-likeness (QED) is 0.396. The van der Waals surface area contributed by atoms with Crippen LogP contribution in [0.25, 0.3) is 0 Å². The number of amides is 2. The van der Waals surface area contributed by atoms with E-state index in [-0.39, 0.29) is 29.5 Å². The summed E-state index contributed by atoms with van der Waals surface area (Å²) in [6.45, 7) is 0.158. The Hall–Kier alpha value is -3.66. The van der Waals surface area contributed by atoms with E-state index in [4.69, 9.17) is 14.2 Å². The van der Waals surface area contributed by atoms with Crippen LogP contribution in [0.15, 0.2) is 42.5 Å². The van der Waals surface area contributed by atoms with Gasteiger partial charge in [-0.2, -0.15) is 0 Å². The van der Waals surface area contributed by atoms with E-state index >= 15 is 0 Å². The number of nitrogens with one attached hydrogen (secondary N) is 2. The van der Waals surface area contributed by atoms with E-state index in [0.717, 1.165) is 37.0 Å². The number of rotatable bonds is 9. The van der Waals surface area contributed by atoms with E-state index in [2.05, 4.69) is 20.8 Å². The number of aromatic nitrogens is 2. The number of carbonyl (C=O) groups is 2. The van der Waals surface area contributed by atoms with Crippen LogP contribution in [0.2, 0.25) is 0 Å². The summed E-state index contributed by atoms with van der Waals surface area (Å²) < 4.78 is 16.2. The van der Waals surface area contributed by atoms with Crippen LogP contribution in [0, 0.1) is 0 Å². The molecule has 2 amide bonds. The van der Waals surface area contributed by atoms with Gasteiger partial charge in [-0.3, -0.25) is 9.59 Å². The molecule has 2 aromatic carbocycles. The molecule has 0 atom stereocenters. The van der Waals surface area contributed by atoms with Crippen molar-refractivity contribution < 1.29 is 23.8 Å². The van der Waals surface area contributed by atoms with Crippen LogP contribution in [0.4, 0.5) is 5.69 Å². The third-order valence-corrected chi connectivity index (χ3v) is 6.87. The molecule has 1 saturated carbocycles. The highest BCUT2D eigenvalue weighted by Crippen LogP contribution is 2.31. The van der Waals surface area contributed by atoms with Crippen molar-refractivity contribution in [3.63, 3.8) is 0 Å². The van der Waals surface area contributed by atoms with Crippen molar-refractivity contribution >= 4 is 28.8 Å². The van der Waals surface area contributed by atoms with Crippen molar-refractivity contribution in [3.8, 4) is 17.2 Å². The summed E-state index contributed by atoms with van der Waals surface area (Å²) >= 11 is 1.15. The molecule has 1 heterocycles. The zero-order valence-electron chi connectivity index (χ0n) is 20.4. The van der Waals surface area contributed by atoms with Gasteiger partial charge in [0.05, 0.1) is 14.2 Å². The number of anilines is 1. The average Bonchev–Trinajstić information content (AvgIpc) is 3.24. The highest BCUT2D eigenvalue weighted by atomic mass is 32.1. The smallest absolute Gasteiger partial charge is 0.286 e. The van der Waals surface area contributed by atoms with Gasteiger partial charge in [0, 0.05) is 23.4 Å². The average molecular weight is 511 g/mol. The minimum absolute atomic E-state index is 0.0805. The van der Waals surface area contributed by atoms with Gasteiger partial charge >= 0.3 is 0 Å². The normalized spacial score (nSPS) is 13.9. The van der Waals surface area contributed by atoms with E-state index in [1.807, 2.05) is 0 Å². The van der Waals surface area contributed by atoms with Gasteiger partial charge in [-0.25, -0.2) is 0 Å². The summed E-state index contributed by atoms with van der Waals surface area (Å²) in [6, 6.07) is 12.3. The SMILES string of the molecule is COc1ccc(OCc2nnc(C(=O)Nc3ccc(C(=O)NC4CCCCCC4)cc3)s2)cc1OC. The Morgan fingerprint density at radius 2 is 1.64 bits per heavy atom. The number of benzene rings is 2. The van der Waals surface area contributed by atoms with E-state index in [9.17, 15) is 9.59 Å². The van der Waals surface area contributed by atoms with Gasteiger partial charge in [0.1, 0.15) is 12.4 Å². The fraction of sp³-hybridized carbons (Fsp3) is 0.385. The third kappa shape index (κ3) is 6.72. The fourth-order valence-corrected chi connectivity index (χ4v) is 4.69. The van der Waals surface area contributed by atoms with E-state index < -0.39 is 0 Å². The predicted octanol–water partition coefficient (Wildman–Crippen LogP) is 4.84. The molecule has 0 bridgehead atoms. The molecule has 1 aliphatic carbocycles. The molecule has 2 N–H and O–H groups in total. The number of ether oxygens (including phenoxy) is 3. The number of hydrogen-bond donors (Lipinski definition) is 2. The first-order valence-corrected chi connectivity index (χ1v) is 12.8. The summed E-state index contributed by atoms with van der Waals surface area (Å²) in [5.41, 5.74) is 1.15. The molecule has 0 saturated heterocycles. The van der Waals surface area contributed by atoms with Crippen LogP contribution >= 0.6 is 11.3 Å². The molecular weight excluding hydrogens is 480 g/mol. The lowest BCUT2D eigenvalue weighted by atomic mass is 10.1. The van der Waals surface area contributed by atoms with Crippen LogP contribution in [0.5, 0.6) is 17.2 Å². The van der Waals surface area contributed by atoms with Crippen molar-refractivity contribution in [2.45, 2.75) is 51.2 Å². The third-order valence-electron chi connectivity index (χ3n) is 5.97. The summed E-state index contributed by atoms with van der Waals surface area (Å²) in [4.78, 5) is 25.2. The maximum absolute atomic E-state index is 12.6. The molecule has 0 aliphatic heterocycles. The molecule has 9 nitrogen and oxygen atoms in total. The lowest BCUT2D eigenvalue weighted by molar-refractivity contribution is 0.0933. The lowest BCUT2D eigenvalue weighted by Crippen LogP contribution is -2.34. The van der Waals surface area contributed by atoms with Crippen LogP contribution in [-0.4, -0.2) is 42.3 Å². The lowest BCUT2D eigenvalue weighted by Gasteiger charge is -2.16. The molecule has 0 unspecified atom stereocenters. The molecule has 36 heavy (non-hydrogen) atoms. The van der Waals surface area contributed by atoms with Gasteiger partial charge in [0.2, 0.25) is 5.01 Å². The Kier molecular flexibility index (Phi) is 8.72. The largest absolute Gasteiger partial charge is 0.493 e. The Labute approximate surface area is 214 Å². The second-order valence-electron chi connectivity index (χ2n) is 8.50. The maximum atomic E-state index is 12.6. The first-order chi connectivity index (χ1) is 17.6. The highest BCUT2D eigenvalue weighted by Gasteiger charge is 2.17. The zero-order valence-corrected chi connectivity index (χ0v) is 21.2. The Balaban J connectivity index is 1.29. The van der Waals surface area contributed by atoms with Crippen LogP contribution in [0.3, 0.4) is 0 Å². The molecule has 0 spiro atoms. The second kappa shape index (κ2) is 12.3. The number of hydrogen-bond acceptors (Lipinski definition) is 8. The van der Waals surface area contributed by atoms with Crippen LogP contribution in [0.1, 0.15) is 63.7 Å². The minimum Gasteiger partial charge on any atom is -0.493 e. The molecule has 0 radical (unpaired) electrons. The molecule has 1 aromatic heterocycles. The van der Waals surface area contributed by atoms with Crippen molar-refractivity contribution in [2.75, 3.05) is 19.5 Å². The highest BCUT2D eigenvalue weighted by molar-refractivity contribution is 7.13. The van der Waals surface area contributed by atoms with Crippen LogP contribution in [-0.2, 0) is 6.61 Å². The van der Waals surface area contributed by atoms with Gasteiger partial charge in [0.25, 0.3) is 11.8 Å². The Morgan fingerprint density at radius 1 is 0.917 bits per heavy atom. The fourth-order valence-electron chi connectivity index (χ4n) is 4.04. The van der Waals surface area contributed by atoms with Gasteiger partial charge in [0.15, 0.2) is 16.5 Å². The molecule has 4 rings (SSSR count). The Bertz CT molecular complexity index is 1170. The van der Waals surface area contributed by atoms with Gasteiger partial charge in [-0.1, -0.05) is 37.0 Å². The molecule has 1 fully saturated rings. The Morgan fingerprint density at radius 3 is 2.33 bits per heavy atom. The molecule has 190 valence electrons. The van der Waals surface area contributed by atoms with Crippen molar-refractivity contribution in [2.24, 2.45) is 0 Å².